The molecule has 0 atom stereocenters. The summed E-state index contributed by atoms with van der Waals surface area (Å²) in [4.78, 5) is 10.8. The summed E-state index contributed by atoms with van der Waals surface area (Å²) in [5.41, 5.74) is 0.795. The molecular weight excluding hydrogens is 361 g/mol. The van der Waals surface area contributed by atoms with E-state index >= 15 is 0 Å². The average molecular weight is 374 g/mol. The Hall–Kier alpha value is -1.60. The van der Waals surface area contributed by atoms with Gasteiger partial charge in [-0.3, -0.25) is 0 Å². The van der Waals surface area contributed by atoms with Gasteiger partial charge in [-0.05, 0) is 42.3 Å². The number of carboxylic acids is 1. The first kappa shape index (κ1) is 17.7. The molecule has 2 aromatic carbocycles. The first-order valence-electron chi connectivity index (χ1n) is 6.56. The van der Waals surface area contributed by atoms with Crippen molar-refractivity contribution in [1.82, 2.24) is 4.72 Å². The van der Waals surface area contributed by atoms with Crippen molar-refractivity contribution in [3.8, 4) is 0 Å². The van der Waals surface area contributed by atoms with Crippen LogP contribution in [0.4, 0.5) is 0 Å². The number of halogens is 2. The predicted molar refractivity (Wildman–Crippen MR) is 88.8 cm³/mol. The molecule has 0 saturated heterocycles. The van der Waals surface area contributed by atoms with Crippen molar-refractivity contribution in [2.75, 3.05) is 6.54 Å². The molecule has 2 rings (SSSR count). The number of rotatable bonds is 6. The molecule has 0 heterocycles. The van der Waals surface area contributed by atoms with E-state index in [0.717, 1.165) is 11.6 Å². The first-order valence-corrected chi connectivity index (χ1v) is 8.80. The zero-order valence-electron chi connectivity index (χ0n) is 11.8. The zero-order valence-corrected chi connectivity index (χ0v) is 14.1. The second kappa shape index (κ2) is 7.31. The van der Waals surface area contributed by atoms with Crippen LogP contribution in [0.1, 0.15) is 15.9 Å². The standard InChI is InChI=1S/C15H13Cl2NO4S/c16-11-3-1-10(2-4-11)7-8-18-23(21,22)12-5-6-13(15(19)20)14(17)9-12/h1-6,9,18H,7-8H2,(H,19,20). The van der Waals surface area contributed by atoms with Gasteiger partial charge < -0.3 is 5.11 Å². The maximum atomic E-state index is 12.2. The SMILES string of the molecule is O=C(O)c1ccc(S(=O)(=O)NCCc2ccc(Cl)cc2)cc1Cl. The van der Waals surface area contributed by atoms with Crippen molar-refractivity contribution in [2.45, 2.75) is 11.3 Å². The summed E-state index contributed by atoms with van der Waals surface area (Å²) in [6, 6.07) is 10.6. The van der Waals surface area contributed by atoms with Crippen LogP contribution in [-0.4, -0.2) is 26.0 Å². The highest BCUT2D eigenvalue weighted by molar-refractivity contribution is 7.89. The summed E-state index contributed by atoms with van der Waals surface area (Å²) in [5, 5.41) is 9.37. The number of sulfonamides is 1. The van der Waals surface area contributed by atoms with Gasteiger partial charge in [-0.15, -0.1) is 0 Å². The minimum Gasteiger partial charge on any atom is -0.478 e. The zero-order chi connectivity index (χ0) is 17.0. The first-order chi connectivity index (χ1) is 10.8. The van der Waals surface area contributed by atoms with Crippen LogP contribution in [0.2, 0.25) is 10.0 Å². The van der Waals surface area contributed by atoms with Crippen LogP contribution in [0.15, 0.2) is 47.4 Å². The van der Waals surface area contributed by atoms with Crippen molar-refractivity contribution in [3.63, 3.8) is 0 Å². The molecule has 0 saturated carbocycles. The smallest absolute Gasteiger partial charge is 0.337 e. The van der Waals surface area contributed by atoms with Gasteiger partial charge in [0.25, 0.3) is 0 Å². The minimum absolute atomic E-state index is 0.0800. The summed E-state index contributed by atoms with van der Waals surface area (Å²) in [7, 11) is -3.76. The van der Waals surface area contributed by atoms with Crippen molar-refractivity contribution >= 4 is 39.2 Å². The Balaban J connectivity index is 2.05. The van der Waals surface area contributed by atoms with E-state index in [4.69, 9.17) is 28.3 Å². The lowest BCUT2D eigenvalue weighted by molar-refractivity contribution is 0.0697. The molecule has 0 amide bonds. The maximum absolute atomic E-state index is 12.2. The second-order valence-corrected chi connectivity index (χ2v) is 7.33. The summed E-state index contributed by atoms with van der Waals surface area (Å²) >= 11 is 11.6. The van der Waals surface area contributed by atoms with E-state index in [9.17, 15) is 13.2 Å². The molecule has 0 spiro atoms. The Kier molecular flexibility index (Phi) is 5.64. The average Bonchev–Trinajstić information content (AvgIpc) is 2.48. The van der Waals surface area contributed by atoms with Crippen LogP contribution < -0.4 is 4.72 Å². The second-order valence-electron chi connectivity index (χ2n) is 4.72. The molecule has 0 unspecified atom stereocenters. The molecule has 0 fully saturated rings. The van der Waals surface area contributed by atoms with E-state index in [1.54, 1.807) is 12.1 Å². The Morgan fingerprint density at radius 2 is 1.74 bits per heavy atom. The Morgan fingerprint density at radius 1 is 1.09 bits per heavy atom. The van der Waals surface area contributed by atoms with Crippen LogP contribution in [-0.2, 0) is 16.4 Å². The van der Waals surface area contributed by atoms with Crippen LogP contribution in [0.25, 0.3) is 0 Å². The largest absolute Gasteiger partial charge is 0.478 e. The highest BCUT2D eigenvalue weighted by atomic mass is 35.5. The predicted octanol–water partition coefficient (Wildman–Crippen LogP) is 3.21. The Morgan fingerprint density at radius 3 is 2.30 bits per heavy atom. The van der Waals surface area contributed by atoms with Gasteiger partial charge in [0.2, 0.25) is 10.0 Å². The van der Waals surface area contributed by atoms with Gasteiger partial charge in [0.05, 0.1) is 15.5 Å². The number of aromatic carboxylic acids is 1. The highest BCUT2D eigenvalue weighted by Gasteiger charge is 2.17. The molecular formula is C15H13Cl2NO4S. The molecule has 122 valence electrons. The van der Waals surface area contributed by atoms with E-state index in [-0.39, 0.29) is 22.0 Å². The summed E-state index contributed by atoms with van der Waals surface area (Å²) in [5.74, 6) is -1.21. The summed E-state index contributed by atoms with van der Waals surface area (Å²) < 4.78 is 26.8. The van der Waals surface area contributed by atoms with E-state index in [1.165, 1.54) is 12.1 Å². The molecule has 0 aliphatic rings. The normalized spacial score (nSPS) is 11.4. The van der Waals surface area contributed by atoms with Crippen molar-refractivity contribution in [2.24, 2.45) is 0 Å². The molecule has 0 aliphatic carbocycles. The van der Waals surface area contributed by atoms with Crippen molar-refractivity contribution < 1.29 is 18.3 Å². The quantitative estimate of drug-likeness (QED) is 0.813. The monoisotopic (exact) mass is 373 g/mol. The summed E-state index contributed by atoms with van der Waals surface area (Å²) in [6.45, 7) is 0.197. The third kappa shape index (κ3) is 4.68. The molecule has 5 nitrogen and oxygen atoms in total. The van der Waals surface area contributed by atoms with Crippen LogP contribution in [0.5, 0.6) is 0 Å². The topological polar surface area (TPSA) is 83.5 Å². The number of benzene rings is 2. The molecule has 2 aromatic rings. The molecule has 0 bridgehead atoms. The number of hydrogen-bond acceptors (Lipinski definition) is 3. The third-order valence-corrected chi connectivity index (χ3v) is 5.12. The lowest BCUT2D eigenvalue weighted by Crippen LogP contribution is -2.26. The number of nitrogens with one attached hydrogen (secondary N) is 1. The third-order valence-electron chi connectivity index (χ3n) is 3.10. The van der Waals surface area contributed by atoms with Crippen molar-refractivity contribution in [1.29, 1.82) is 0 Å². The van der Waals surface area contributed by atoms with Crippen LogP contribution in [0.3, 0.4) is 0 Å². The molecule has 23 heavy (non-hydrogen) atoms. The fourth-order valence-electron chi connectivity index (χ4n) is 1.90. The van der Waals surface area contributed by atoms with Gasteiger partial charge in [-0.1, -0.05) is 35.3 Å². The fraction of sp³-hybridized carbons (Fsp3) is 0.133. The highest BCUT2D eigenvalue weighted by Crippen LogP contribution is 2.21. The van der Waals surface area contributed by atoms with Crippen LogP contribution in [0, 0.1) is 0 Å². The van der Waals surface area contributed by atoms with Gasteiger partial charge in [0, 0.05) is 11.6 Å². The molecule has 0 aliphatic heterocycles. The van der Waals surface area contributed by atoms with Crippen molar-refractivity contribution in [3.05, 3.63) is 63.6 Å². The summed E-state index contributed by atoms with van der Waals surface area (Å²) in [6.07, 6.45) is 0.497. The molecule has 0 radical (unpaired) electrons. The molecule has 2 N–H and O–H groups in total. The number of hydrogen-bond donors (Lipinski definition) is 2. The van der Waals surface area contributed by atoms with Crippen LogP contribution >= 0.6 is 23.2 Å². The maximum Gasteiger partial charge on any atom is 0.337 e. The lowest BCUT2D eigenvalue weighted by atomic mass is 10.2. The number of carboxylic acid groups (broad SMARTS) is 1. The van der Waals surface area contributed by atoms with E-state index in [1.807, 2.05) is 12.1 Å². The Bertz CT molecular complexity index is 820. The van der Waals surface area contributed by atoms with E-state index in [2.05, 4.69) is 4.72 Å². The molecule has 0 aromatic heterocycles. The van der Waals surface area contributed by atoms with Gasteiger partial charge in [0.1, 0.15) is 0 Å². The van der Waals surface area contributed by atoms with Gasteiger partial charge >= 0.3 is 5.97 Å². The van der Waals surface area contributed by atoms with E-state index in [0.29, 0.717) is 11.4 Å². The van der Waals surface area contributed by atoms with Gasteiger partial charge in [-0.25, -0.2) is 17.9 Å². The number of carbonyl (C=O) groups is 1. The Labute approximate surface area is 143 Å². The molecule has 8 heteroatoms. The van der Waals surface area contributed by atoms with Gasteiger partial charge in [-0.2, -0.15) is 0 Å². The van der Waals surface area contributed by atoms with E-state index < -0.39 is 16.0 Å². The fourth-order valence-corrected chi connectivity index (χ4v) is 3.41. The minimum atomic E-state index is -3.76. The lowest BCUT2D eigenvalue weighted by Gasteiger charge is -2.08. The van der Waals surface area contributed by atoms with Gasteiger partial charge in [0.15, 0.2) is 0 Å².